The van der Waals surface area contributed by atoms with Crippen LogP contribution in [0.4, 0.5) is 0 Å². The Balaban J connectivity index is 2.37. The summed E-state index contributed by atoms with van der Waals surface area (Å²) in [5.74, 6) is 4.11. The summed E-state index contributed by atoms with van der Waals surface area (Å²) < 4.78 is 0. The molecule has 126 valence electrons. The number of carbonyl (C=O) groups is 3. The van der Waals surface area contributed by atoms with Crippen molar-refractivity contribution in [3.05, 3.63) is 34.4 Å². The molecule has 0 unspecified atom stereocenters. The summed E-state index contributed by atoms with van der Waals surface area (Å²) in [6.45, 7) is 5.58. The fourth-order valence-corrected chi connectivity index (χ4v) is 3.48. The highest BCUT2D eigenvalue weighted by molar-refractivity contribution is 6.12. The average molecular weight is 325 g/mol. The van der Waals surface area contributed by atoms with Gasteiger partial charge in [-0.25, -0.2) is 0 Å². The van der Waals surface area contributed by atoms with E-state index in [4.69, 9.17) is 0 Å². The highest BCUT2D eigenvalue weighted by Gasteiger charge is 2.40. The van der Waals surface area contributed by atoms with Gasteiger partial charge in [-0.1, -0.05) is 5.92 Å². The van der Waals surface area contributed by atoms with Gasteiger partial charge in [-0.05, 0) is 49.6 Å². The quantitative estimate of drug-likeness (QED) is 0.620. The normalized spacial score (nSPS) is 20.4. The molecule has 0 aromatic heterocycles. The smallest absolute Gasteiger partial charge is 0.226 e. The van der Waals surface area contributed by atoms with Crippen LogP contribution in [-0.4, -0.2) is 36.5 Å². The van der Waals surface area contributed by atoms with Crippen molar-refractivity contribution in [3.8, 4) is 11.8 Å². The fraction of sp³-hybridized carbons (Fsp3) is 0.450. The fourth-order valence-electron chi connectivity index (χ4n) is 3.48. The van der Waals surface area contributed by atoms with Crippen molar-refractivity contribution in [1.29, 1.82) is 0 Å². The van der Waals surface area contributed by atoms with Crippen molar-refractivity contribution in [1.82, 2.24) is 4.90 Å². The van der Waals surface area contributed by atoms with Gasteiger partial charge in [0, 0.05) is 32.5 Å². The Morgan fingerprint density at radius 2 is 1.58 bits per heavy atom. The molecule has 1 fully saturated rings. The van der Waals surface area contributed by atoms with E-state index in [1.807, 2.05) is 26.0 Å². The van der Waals surface area contributed by atoms with Crippen LogP contribution in [0.3, 0.4) is 0 Å². The molecule has 1 aliphatic rings. The lowest BCUT2D eigenvalue weighted by molar-refractivity contribution is -0.143. The third kappa shape index (κ3) is 3.41. The summed E-state index contributed by atoms with van der Waals surface area (Å²) in [5.41, 5.74) is 3.46. The number of amides is 1. The standard InChI is InChI=1S/C20H23NO3/c1-6-7-14-8-12(2)18(13(3)9-14)19-16(22)10-15(11-17(19)23)20(24)21(4)5/h8-9,15,19H,10-11H2,1-5H3. The molecular formula is C20H23NO3. The van der Waals surface area contributed by atoms with E-state index in [2.05, 4.69) is 11.8 Å². The van der Waals surface area contributed by atoms with Gasteiger partial charge in [0.05, 0.1) is 5.92 Å². The van der Waals surface area contributed by atoms with Gasteiger partial charge < -0.3 is 4.90 Å². The van der Waals surface area contributed by atoms with Crippen LogP contribution < -0.4 is 0 Å². The number of nitrogens with zero attached hydrogens (tertiary/aromatic N) is 1. The molecule has 0 heterocycles. The number of benzene rings is 1. The molecule has 1 saturated carbocycles. The number of hydrogen-bond acceptors (Lipinski definition) is 3. The van der Waals surface area contributed by atoms with Crippen molar-refractivity contribution in [2.45, 2.75) is 39.5 Å². The van der Waals surface area contributed by atoms with E-state index in [9.17, 15) is 14.4 Å². The molecule has 0 aliphatic heterocycles. The monoisotopic (exact) mass is 325 g/mol. The first-order valence-electron chi connectivity index (χ1n) is 8.06. The van der Waals surface area contributed by atoms with E-state index in [0.29, 0.717) is 0 Å². The zero-order valence-electron chi connectivity index (χ0n) is 14.9. The van der Waals surface area contributed by atoms with E-state index in [1.54, 1.807) is 21.0 Å². The van der Waals surface area contributed by atoms with Gasteiger partial charge in [0.1, 0.15) is 17.5 Å². The Morgan fingerprint density at radius 3 is 2.00 bits per heavy atom. The Morgan fingerprint density at radius 1 is 1.08 bits per heavy atom. The van der Waals surface area contributed by atoms with Crippen LogP contribution in [0.5, 0.6) is 0 Å². The predicted octanol–water partition coefficient (Wildman–Crippen LogP) is 2.39. The maximum atomic E-state index is 12.6. The van der Waals surface area contributed by atoms with Gasteiger partial charge in [-0.3, -0.25) is 14.4 Å². The maximum absolute atomic E-state index is 12.6. The summed E-state index contributed by atoms with van der Waals surface area (Å²) in [4.78, 5) is 38.8. The number of aryl methyl sites for hydroxylation is 2. The van der Waals surface area contributed by atoms with Gasteiger partial charge in [0.15, 0.2) is 0 Å². The lowest BCUT2D eigenvalue weighted by Crippen LogP contribution is -2.40. The van der Waals surface area contributed by atoms with Gasteiger partial charge >= 0.3 is 0 Å². The Hall–Kier alpha value is -2.41. The molecule has 0 saturated heterocycles. The Kier molecular flexibility index (Phi) is 5.23. The minimum Gasteiger partial charge on any atom is -0.349 e. The molecule has 0 bridgehead atoms. The third-order valence-corrected chi connectivity index (χ3v) is 4.48. The molecule has 1 aromatic carbocycles. The summed E-state index contributed by atoms with van der Waals surface area (Å²) in [7, 11) is 3.29. The van der Waals surface area contributed by atoms with Gasteiger partial charge in [-0.15, -0.1) is 5.92 Å². The van der Waals surface area contributed by atoms with Gasteiger partial charge in [-0.2, -0.15) is 0 Å². The van der Waals surface area contributed by atoms with Crippen LogP contribution in [0, 0.1) is 31.6 Å². The van der Waals surface area contributed by atoms with Crippen molar-refractivity contribution in [2.24, 2.45) is 5.92 Å². The van der Waals surface area contributed by atoms with Crippen LogP contribution >= 0.6 is 0 Å². The predicted molar refractivity (Wildman–Crippen MR) is 92.6 cm³/mol. The second kappa shape index (κ2) is 7.00. The zero-order chi connectivity index (χ0) is 18.0. The molecule has 1 aromatic rings. The minimum absolute atomic E-state index is 0.128. The number of ketones is 2. The lowest BCUT2D eigenvalue weighted by Gasteiger charge is -2.29. The van der Waals surface area contributed by atoms with Crippen molar-refractivity contribution in [3.63, 3.8) is 0 Å². The summed E-state index contributed by atoms with van der Waals surface area (Å²) in [6, 6.07) is 3.83. The number of rotatable bonds is 2. The van der Waals surface area contributed by atoms with E-state index < -0.39 is 11.8 Å². The van der Waals surface area contributed by atoms with Gasteiger partial charge in [0.25, 0.3) is 0 Å². The highest BCUT2D eigenvalue weighted by atomic mass is 16.2. The van der Waals surface area contributed by atoms with Crippen molar-refractivity contribution in [2.75, 3.05) is 14.1 Å². The van der Waals surface area contributed by atoms with Crippen molar-refractivity contribution >= 4 is 17.5 Å². The van der Waals surface area contributed by atoms with E-state index in [-0.39, 0.29) is 30.3 Å². The first kappa shape index (κ1) is 17.9. The molecule has 0 spiro atoms. The first-order chi connectivity index (χ1) is 11.3. The number of Topliss-reactive ketones (excluding diaryl/α,β-unsaturated/α-hetero) is 2. The van der Waals surface area contributed by atoms with Crippen LogP contribution in [0.2, 0.25) is 0 Å². The SMILES string of the molecule is CC#Cc1cc(C)c(C2C(=O)CC(C(=O)N(C)C)CC2=O)c(C)c1. The van der Waals surface area contributed by atoms with E-state index >= 15 is 0 Å². The number of hydrogen-bond donors (Lipinski definition) is 0. The molecule has 0 radical (unpaired) electrons. The largest absolute Gasteiger partial charge is 0.349 e. The molecule has 1 aliphatic carbocycles. The summed E-state index contributed by atoms with van der Waals surface area (Å²) in [5, 5.41) is 0. The molecule has 24 heavy (non-hydrogen) atoms. The molecule has 0 atom stereocenters. The molecule has 4 nitrogen and oxygen atoms in total. The highest BCUT2D eigenvalue weighted by Crippen LogP contribution is 2.35. The van der Waals surface area contributed by atoms with E-state index in [1.165, 1.54) is 4.90 Å². The van der Waals surface area contributed by atoms with Crippen LogP contribution in [0.1, 0.15) is 47.9 Å². The lowest BCUT2D eigenvalue weighted by atomic mass is 9.74. The topological polar surface area (TPSA) is 54.5 Å². The summed E-state index contributed by atoms with van der Waals surface area (Å²) in [6.07, 6.45) is 0.256. The Bertz CT molecular complexity index is 724. The van der Waals surface area contributed by atoms with Crippen LogP contribution in [0.15, 0.2) is 12.1 Å². The Labute approximate surface area is 143 Å². The average Bonchev–Trinajstić information content (AvgIpc) is 2.48. The molecule has 1 amide bonds. The molecular weight excluding hydrogens is 302 g/mol. The van der Waals surface area contributed by atoms with Gasteiger partial charge in [0.2, 0.25) is 5.91 Å². The van der Waals surface area contributed by atoms with Crippen LogP contribution in [-0.2, 0) is 14.4 Å². The van der Waals surface area contributed by atoms with Crippen molar-refractivity contribution < 1.29 is 14.4 Å². The third-order valence-electron chi connectivity index (χ3n) is 4.48. The minimum atomic E-state index is -0.750. The summed E-state index contributed by atoms with van der Waals surface area (Å²) >= 11 is 0. The zero-order valence-corrected chi connectivity index (χ0v) is 14.9. The maximum Gasteiger partial charge on any atom is 0.226 e. The van der Waals surface area contributed by atoms with E-state index in [0.717, 1.165) is 22.3 Å². The molecule has 4 heteroatoms. The number of carbonyl (C=O) groups excluding carboxylic acids is 3. The van der Waals surface area contributed by atoms with Crippen LogP contribution in [0.25, 0.3) is 0 Å². The second-order valence-electron chi connectivity index (χ2n) is 6.60. The molecule has 0 N–H and O–H groups in total. The first-order valence-corrected chi connectivity index (χ1v) is 8.06. The second-order valence-corrected chi connectivity index (χ2v) is 6.60. The molecule has 2 rings (SSSR count).